The van der Waals surface area contributed by atoms with Crippen molar-refractivity contribution in [1.29, 1.82) is 0 Å². The largest absolute Gasteiger partial charge is 0.464 e. The Kier molecular flexibility index (Phi) is 3.79. The van der Waals surface area contributed by atoms with Crippen LogP contribution < -0.4 is 15.2 Å². The first kappa shape index (κ1) is 13.1. The summed E-state index contributed by atoms with van der Waals surface area (Å²) in [5.41, 5.74) is 5.55. The lowest BCUT2D eigenvalue weighted by atomic mass is 10.4. The average molecular weight is 264 g/mol. The van der Waals surface area contributed by atoms with E-state index in [0.29, 0.717) is 12.4 Å². The van der Waals surface area contributed by atoms with Crippen molar-refractivity contribution in [2.45, 2.75) is 26.8 Å². The molecule has 0 radical (unpaired) electrons. The van der Waals surface area contributed by atoms with Crippen LogP contribution in [0.5, 0.6) is 17.8 Å². The van der Waals surface area contributed by atoms with Crippen LogP contribution in [0.25, 0.3) is 0 Å². The number of nitrogen functional groups attached to an aromatic ring is 1. The van der Waals surface area contributed by atoms with Crippen LogP contribution in [0.15, 0.2) is 12.4 Å². The number of aromatic nitrogens is 5. The first-order valence-corrected chi connectivity index (χ1v) is 5.95. The lowest BCUT2D eigenvalue weighted by Gasteiger charge is -2.05. The molecule has 2 heterocycles. The van der Waals surface area contributed by atoms with Crippen LogP contribution >= 0.6 is 0 Å². The number of hydrogen-bond donors (Lipinski definition) is 1. The normalized spacial score (nSPS) is 10.7. The molecular formula is C11H16N6O2. The molecule has 0 aliphatic heterocycles. The highest BCUT2D eigenvalue weighted by Gasteiger charge is 2.09. The van der Waals surface area contributed by atoms with Gasteiger partial charge in [-0.2, -0.15) is 15.1 Å². The quantitative estimate of drug-likeness (QED) is 0.871. The number of hydrogen-bond acceptors (Lipinski definition) is 7. The number of nitrogens with two attached hydrogens (primary N) is 1. The van der Waals surface area contributed by atoms with Gasteiger partial charge in [0.05, 0.1) is 19.0 Å². The van der Waals surface area contributed by atoms with Crippen LogP contribution in [0.2, 0.25) is 0 Å². The van der Waals surface area contributed by atoms with Crippen molar-refractivity contribution < 1.29 is 9.47 Å². The maximum atomic E-state index is 5.55. The van der Waals surface area contributed by atoms with E-state index in [0.717, 1.165) is 0 Å². The topological polar surface area (TPSA) is 101 Å². The zero-order chi connectivity index (χ0) is 13.8. The maximum Gasteiger partial charge on any atom is 0.330 e. The molecule has 0 amide bonds. The van der Waals surface area contributed by atoms with Crippen LogP contribution in [-0.2, 0) is 0 Å². The van der Waals surface area contributed by atoms with Gasteiger partial charge in [-0.05, 0) is 20.8 Å². The summed E-state index contributed by atoms with van der Waals surface area (Å²) in [5.74, 6) is 0.575. The Morgan fingerprint density at radius 3 is 2.63 bits per heavy atom. The number of rotatable bonds is 5. The maximum absolute atomic E-state index is 5.55. The third kappa shape index (κ3) is 3.30. The molecule has 2 aromatic heterocycles. The van der Waals surface area contributed by atoms with Gasteiger partial charge in [0.15, 0.2) is 5.75 Å². The Hall–Kier alpha value is -2.38. The summed E-state index contributed by atoms with van der Waals surface area (Å²) < 4.78 is 12.4. The summed E-state index contributed by atoms with van der Waals surface area (Å²) >= 11 is 0. The predicted octanol–water partition coefficient (Wildman–Crippen LogP) is 1.42. The van der Waals surface area contributed by atoms with E-state index < -0.39 is 0 Å². The Labute approximate surface area is 110 Å². The molecule has 102 valence electrons. The molecule has 0 fully saturated rings. The van der Waals surface area contributed by atoms with Crippen molar-refractivity contribution in [3.63, 3.8) is 0 Å². The number of anilines is 1. The Morgan fingerprint density at radius 1 is 1.26 bits per heavy atom. The molecule has 0 saturated carbocycles. The van der Waals surface area contributed by atoms with E-state index in [1.807, 2.05) is 20.8 Å². The highest BCUT2D eigenvalue weighted by atomic mass is 16.5. The van der Waals surface area contributed by atoms with E-state index in [1.165, 1.54) is 0 Å². The Morgan fingerprint density at radius 2 is 2.00 bits per heavy atom. The number of nitrogens with zero attached hydrogens (tertiary/aromatic N) is 5. The summed E-state index contributed by atoms with van der Waals surface area (Å²) in [6, 6.07) is 0.472. The van der Waals surface area contributed by atoms with Gasteiger partial charge in [-0.15, -0.1) is 4.98 Å². The van der Waals surface area contributed by atoms with E-state index in [9.17, 15) is 0 Å². The Bertz CT molecular complexity index is 554. The van der Waals surface area contributed by atoms with Gasteiger partial charge in [0.25, 0.3) is 0 Å². The molecule has 0 atom stereocenters. The zero-order valence-electron chi connectivity index (χ0n) is 11.1. The van der Waals surface area contributed by atoms with E-state index >= 15 is 0 Å². The van der Waals surface area contributed by atoms with Crippen LogP contribution in [0, 0.1) is 0 Å². The molecule has 0 aromatic carbocycles. The predicted molar refractivity (Wildman–Crippen MR) is 68.1 cm³/mol. The fraction of sp³-hybridized carbons (Fsp3) is 0.455. The van der Waals surface area contributed by atoms with Crippen LogP contribution in [-0.4, -0.2) is 31.3 Å². The molecule has 0 unspecified atom stereocenters. The van der Waals surface area contributed by atoms with Crippen molar-refractivity contribution >= 4 is 5.95 Å². The highest BCUT2D eigenvalue weighted by molar-refractivity contribution is 5.24. The minimum Gasteiger partial charge on any atom is -0.464 e. The van der Waals surface area contributed by atoms with E-state index in [4.69, 9.17) is 15.2 Å². The van der Waals surface area contributed by atoms with E-state index in [1.54, 1.807) is 17.1 Å². The molecule has 8 nitrogen and oxygen atoms in total. The fourth-order valence-corrected chi connectivity index (χ4v) is 1.35. The summed E-state index contributed by atoms with van der Waals surface area (Å²) in [5, 5.41) is 4.15. The van der Waals surface area contributed by atoms with Crippen molar-refractivity contribution in [2.75, 3.05) is 12.3 Å². The molecular weight excluding hydrogens is 248 g/mol. The van der Waals surface area contributed by atoms with Crippen molar-refractivity contribution in [2.24, 2.45) is 0 Å². The average Bonchev–Trinajstić information content (AvgIpc) is 2.77. The van der Waals surface area contributed by atoms with Crippen LogP contribution in [0.3, 0.4) is 0 Å². The number of ether oxygens (including phenoxy) is 2. The smallest absolute Gasteiger partial charge is 0.330 e. The lowest BCUT2D eigenvalue weighted by molar-refractivity contribution is 0.304. The SMILES string of the molecule is CCOc1nc(N)nc(Oc2cnn(C(C)C)c2)n1. The second-order valence-corrected chi connectivity index (χ2v) is 4.04. The monoisotopic (exact) mass is 264 g/mol. The summed E-state index contributed by atoms with van der Waals surface area (Å²) in [7, 11) is 0. The second-order valence-electron chi connectivity index (χ2n) is 4.04. The first-order chi connectivity index (χ1) is 9.08. The van der Waals surface area contributed by atoms with Crippen LogP contribution in [0.4, 0.5) is 5.95 Å². The molecule has 0 saturated heterocycles. The molecule has 0 aliphatic rings. The summed E-state index contributed by atoms with van der Waals surface area (Å²) in [4.78, 5) is 11.7. The van der Waals surface area contributed by atoms with Gasteiger partial charge >= 0.3 is 12.0 Å². The van der Waals surface area contributed by atoms with Gasteiger partial charge in [0.2, 0.25) is 5.95 Å². The van der Waals surface area contributed by atoms with E-state index in [2.05, 4.69) is 20.1 Å². The van der Waals surface area contributed by atoms with Gasteiger partial charge < -0.3 is 15.2 Å². The minimum absolute atomic E-state index is 0.0460. The molecule has 2 N–H and O–H groups in total. The van der Waals surface area contributed by atoms with E-state index in [-0.39, 0.29) is 24.0 Å². The van der Waals surface area contributed by atoms with Gasteiger partial charge in [0.1, 0.15) is 0 Å². The summed E-state index contributed by atoms with van der Waals surface area (Å²) in [6.07, 6.45) is 3.34. The minimum atomic E-state index is 0.0460. The third-order valence-electron chi connectivity index (χ3n) is 2.20. The molecule has 19 heavy (non-hydrogen) atoms. The third-order valence-corrected chi connectivity index (χ3v) is 2.20. The molecule has 0 spiro atoms. The molecule has 2 aromatic rings. The standard InChI is InChI=1S/C11H16N6O2/c1-4-18-10-14-9(12)15-11(16-10)19-8-5-13-17(6-8)7(2)3/h5-7H,4H2,1-3H3,(H2,12,14,15,16). The van der Waals surface area contributed by atoms with Gasteiger partial charge in [-0.3, -0.25) is 4.68 Å². The Balaban J connectivity index is 2.17. The van der Waals surface area contributed by atoms with Crippen molar-refractivity contribution in [3.8, 4) is 17.8 Å². The molecule has 2 rings (SSSR count). The zero-order valence-corrected chi connectivity index (χ0v) is 11.1. The first-order valence-electron chi connectivity index (χ1n) is 5.95. The second kappa shape index (κ2) is 5.51. The van der Waals surface area contributed by atoms with Crippen LogP contribution in [0.1, 0.15) is 26.8 Å². The summed E-state index contributed by atoms with van der Waals surface area (Å²) in [6.45, 7) is 6.30. The van der Waals surface area contributed by atoms with Gasteiger partial charge in [-0.25, -0.2) is 0 Å². The van der Waals surface area contributed by atoms with Crippen molar-refractivity contribution in [3.05, 3.63) is 12.4 Å². The lowest BCUT2D eigenvalue weighted by Crippen LogP contribution is -2.04. The molecule has 8 heteroatoms. The fourth-order valence-electron chi connectivity index (χ4n) is 1.35. The highest BCUT2D eigenvalue weighted by Crippen LogP contribution is 2.20. The molecule has 0 bridgehead atoms. The molecule has 0 aliphatic carbocycles. The van der Waals surface area contributed by atoms with Gasteiger partial charge in [0, 0.05) is 6.04 Å². The van der Waals surface area contributed by atoms with Gasteiger partial charge in [-0.1, -0.05) is 0 Å². The van der Waals surface area contributed by atoms with Crippen molar-refractivity contribution in [1.82, 2.24) is 24.7 Å².